The van der Waals surface area contributed by atoms with Crippen molar-refractivity contribution in [1.29, 1.82) is 5.26 Å². The molecule has 34 heavy (non-hydrogen) atoms. The number of nitrogens with zero attached hydrogens (tertiary/aromatic N) is 5. The van der Waals surface area contributed by atoms with Gasteiger partial charge in [-0.1, -0.05) is 23.7 Å². The van der Waals surface area contributed by atoms with Crippen LogP contribution in [0.25, 0.3) is 11.3 Å². The number of non-ortho nitro benzene ring substituents is 1. The molecule has 2 heterocycles. The summed E-state index contributed by atoms with van der Waals surface area (Å²) in [5, 5.41) is 25.5. The molecular weight excluding hydrogens is 462 g/mol. The largest absolute Gasteiger partial charge is 0.363 e. The average Bonchev–Trinajstić information content (AvgIpc) is 2.81. The molecule has 0 saturated carbocycles. The fourth-order valence-corrected chi connectivity index (χ4v) is 3.38. The highest BCUT2D eigenvalue weighted by atomic mass is 35.5. The number of amides is 1. The molecule has 0 aliphatic heterocycles. The molecule has 0 atom stereocenters. The van der Waals surface area contributed by atoms with Crippen molar-refractivity contribution >= 4 is 29.0 Å². The van der Waals surface area contributed by atoms with Crippen LogP contribution in [0.15, 0.2) is 47.4 Å². The molecule has 0 spiro atoms. The lowest BCUT2D eigenvalue weighted by atomic mass is 10.1. The number of nitrogens with one attached hydrogen (secondary N) is 2. The van der Waals surface area contributed by atoms with Gasteiger partial charge in [0, 0.05) is 29.9 Å². The standard InChI is InChI=1S/C22H20ClN7O4/c1-13(2)27-21-22(32)29(12-18(31)26-11-16-7-6-14(9-24)10-25-16)19(20(23)28-21)15-4-3-5-17(8-15)30(33)34/h3-8,10,13H,11-12H2,1-2H3,(H,26,31)(H,27,28). The fraction of sp³-hybridized carbons (Fsp3) is 0.227. The molecule has 3 rings (SSSR count). The molecule has 2 aromatic heterocycles. The number of carbonyl (C=O) groups is 1. The Kier molecular flexibility index (Phi) is 7.55. The quantitative estimate of drug-likeness (QED) is 0.367. The maximum atomic E-state index is 13.2. The van der Waals surface area contributed by atoms with Gasteiger partial charge in [-0.3, -0.25) is 29.3 Å². The van der Waals surface area contributed by atoms with Crippen LogP contribution < -0.4 is 16.2 Å². The number of nitro benzene ring substituents is 1. The van der Waals surface area contributed by atoms with Crippen molar-refractivity contribution in [3.8, 4) is 17.3 Å². The summed E-state index contributed by atoms with van der Waals surface area (Å²) in [6.07, 6.45) is 1.39. The Labute approximate surface area is 199 Å². The summed E-state index contributed by atoms with van der Waals surface area (Å²) < 4.78 is 1.13. The van der Waals surface area contributed by atoms with Crippen LogP contribution in [0.1, 0.15) is 25.1 Å². The Bertz CT molecular complexity index is 1330. The summed E-state index contributed by atoms with van der Waals surface area (Å²) in [6.45, 7) is 3.28. The summed E-state index contributed by atoms with van der Waals surface area (Å²) in [5.74, 6) is -0.562. The highest BCUT2D eigenvalue weighted by Crippen LogP contribution is 2.29. The molecule has 1 amide bonds. The van der Waals surface area contributed by atoms with E-state index in [9.17, 15) is 19.7 Å². The Morgan fingerprint density at radius 2 is 2.09 bits per heavy atom. The number of nitro groups is 1. The number of carbonyl (C=O) groups excluding carboxylic acids is 1. The second-order valence-corrected chi connectivity index (χ2v) is 7.88. The number of rotatable bonds is 8. The van der Waals surface area contributed by atoms with E-state index in [1.165, 1.54) is 24.4 Å². The highest BCUT2D eigenvalue weighted by Gasteiger charge is 2.21. The van der Waals surface area contributed by atoms with Crippen molar-refractivity contribution in [1.82, 2.24) is 19.9 Å². The molecule has 0 saturated heterocycles. The van der Waals surface area contributed by atoms with Crippen LogP contribution in [0.3, 0.4) is 0 Å². The van der Waals surface area contributed by atoms with Crippen LogP contribution in [0.5, 0.6) is 0 Å². The second kappa shape index (κ2) is 10.5. The number of aromatic nitrogens is 3. The van der Waals surface area contributed by atoms with Gasteiger partial charge in [0.2, 0.25) is 5.91 Å². The topological polar surface area (TPSA) is 156 Å². The van der Waals surface area contributed by atoms with Crippen LogP contribution >= 0.6 is 11.6 Å². The van der Waals surface area contributed by atoms with Gasteiger partial charge in [-0.05, 0) is 26.0 Å². The van der Waals surface area contributed by atoms with Crippen molar-refractivity contribution in [2.45, 2.75) is 33.0 Å². The van der Waals surface area contributed by atoms with E-state index in [1.807, 2.05) is 19.9 Å². The molecule has 3 aromatic rings. The van der Waals surface area contributed by atoms with Gasteiger partial charge in [0.05, 0.1) is 28.4 Å². The average molecular weight is 482 g/mol. The smallest absolute Gasteiger partial charge is 0.294 e. The third-order valence-corrected chi connectivity index (χ3v) is 4.86. The zero-order valence-corrected chi connectivity index (χ0v) is 19.0. The first-order valence-electron chi connectivity index (χ1n) is 10.1. The predicted octanol–water partition coefficient (Wildman–Crippen LogP) is 2.88. The van der Waals surface area contributed by atoms with E-state index in [-0.39, 0.29) is 40.5 Å². The minimum Gasteiger partial charge on any atom is -0.363 e. The van der Waals surface area contributed by atoms with Crippen molar-refractivity contribution in [2.24, 2.45) is 0 Å². The normalized spacial score (nSPS) is 10.6. The maximum Gasteiger partial charge on any atom is 0.294 e. The van der Waals surface area contributed by atoms with Gasteiger partial charge in [-0.2, -0.15) is 5.26 Å². The molecule has 2 N–H and O–H groups in total. The number of hydrogen-bond donors (Lipinski definition) is 2. The van der Waals surface area contributed by atoms with E-state index in [4.69, 9.17) is 16.9 Å². The van der Waals surface area contributed by atoms with Crippen LogP contribution in [-0.2, 0) is 17.9 Å². The van der Waals surface area contributed by atoms with Crippen LogP contribution in [0, 0.1) is 21.4 Å². The molecule has 1 aromatic carbocycles. The third kappa shape index (κ3) is 5.73. The molecule has 0 bridgehead atoms. The molecule has 0 fully saturated rings. The fourth-order valence-electron chi connectivity index (χ4n) is 3.08. The summed E-state index contributed by atoms with van der Waals surface area (Å²) in [6, 6.07) is 10.6. The summed E-state index contributed by atoms with van der Waals surface area (Å²) in [7, 11) is 0. The Morgan fingerprint density at radius 1 is 1.32 bits per heavy atom. The molecular formula is C22H20ClN7O4. The molecule has 0 aliphatic carbocycles. The van der Waals surface area contributed by atoms with Crippen LogP contribution in [-0.4, -0.2) is 31.4 Å². The summed E-state index contributed by atoms with van der Waals surface area (Å²) in [4.78, 5) is 44.8. The van der Waals surface area contributed by atoms with Gasteiger partial charge in [-0.25, -0.2) is 4.98 Å². The lowest BCUT2D eigenvalue weighted by molar-refractivity contribution is -0.384. The number of pyridine rings is 1. The monoisotopic (exact) mass is 481 g/mol. The van der Waals surface area contributed by atoms with Crippen LogP contribution in [0.4, 0.5) is 11.5 Å². The van der Waals surface area contributed by atoms with Gasteiger partial charge in [0.1, 0.15) is 12.6 Å². The third-order valence-electron chi connectivity index (χ3n) is 4.60. The van der Waals surface area contributed by atoms with E-state index in [1.54, 1.807) is 18.2 Å². The Morgan fingerprint density at radius 3 is 2.71 bits per heavy atom. The maximum absolute atomic E-state index is 13.2. The second-order valence-electron chi connectivity index (χ2n) is 7.52. The van der Waals surface area contributed by atoms with E-state index in [0.29, 0.717) is 11.3 Å². The minimum absolute atomic E-state index is 0.0456. The number of benzene rings is 1. The van der Waals surface area contributed by atoms with Gasteiger partial charge in [-0.15, -0.1) is 0 Å². The predicted molar refractivity (Wildman–Crippen MR) is 125 cm³/mol. The van der Waals surface area contributed by atoms with E-state index < -0.39 is 22.9 Å². The number of nitriles is 1. The summed E-state index contributed by atoms with van der Waals surface area (Å²) in [5.41, 5.74) is 0.450. The molecule has 174 valence electrons. The highest BCUT2D eigenvalue weighted by molar-refractivity contribution is 6.32. The summed E-state index contributed by atoms with van der Waals surface area (Å²) >= 11 is 6.39. The zero-order valence-electron chi connectivity index (χ0n) is 18.3. The first kappa shape index (κ1) is 24.3. The van der Waals surface area contributed by atoms with Crippen molar-refractivity contribution in [3.05, 3.63) is 79.5 Å². The Balaban J connectivity index is 1.97. The lowest BCUT2D eigenvalue weighted by Gasteiger charge is -2.17. The molecule has 0 unspecified atom stereocenters. The van der Waals surface area contributed by atoms with Gasteiger partial charge >= 0.3 is 0 Å². The van der Waals surface area contributed by atoms with E-state index in [2.05, 4.69) is 20.6 Å². The van der Waals surface area contributed by atoms with Crippen LogP contribution in [0.2, 0.25) is 5.15 Å². The van der Waals surface area contributed by atoms with Gasteiger partial charge in [0.15, 0.2) is 11.0 Å². The van der Waals surface area contributed by atoms with E-state index in [0.717, 1.165) is 4.57 Å². The van der Waals surface area contributed by atoms with Gasteiger partial charge in [0.25, 0.3) is 11.2 Å². The Hall–Kier alpha value is -4.30. The number of halogens is 1. The number of hydrogen-bond acceptors (Lipinski definition) is 8. The molecule has 11 nitrogen and oxygen atoms in total. The van der Waals surface area contributed by atoms with Gasteiger partial charge < -0.3 is 10.6 Å². The molecule has 0 radical (unpaired) electrons. The molecule has 0 aliphatic rings. The van der Waals surface area contributed by atoms with Crippen molar-refractivity contribution in [2.75, 3.05) is 5.32 Å². The van der Waals surface area contributed by atoms with Crippen molar-refractivity contribution in [3.63, 3.8) is 0 Å². The minimum atomic E-state index is -0.605. The first-order valence-corrected chi connectivity index (χ1v) is 10.5. The lowest BCUT2D eigenvalue weighted by Crippen LogP contribution is -2.35. The number of anilines is 1. The SMILES string of the molecule is CC(C)Nc1nc(Cl)c(-c2cccc([N+](=O)[O-])c2)n(CC(=O)NCc2ccc(C#N)cn2)c1=O. The first-order chi connectivity index (χ1) is 16.2. The van der Waals surface area contributed by atoms with Crippen molar-refractivity contribution < 1.29 is 9.72 Å². The zero-order chi connectivity index (χ0) is 24.8. The van der Waals surface area contributed by atoms with E-state index >= 15 is 0 Å². The molecule has 12 heteroatoms.